The van der Waals surface area contributed by atoms with Gasteiger partial charge in [0.05, 0.1) is 6.54 Å². The molecule has 0 atom stereocenters. The Kier molecular flexibility index (Phi) is 4.48. The van der Waals surface area contributed by atoms with Crippen LogP contribution in [0.2, 0.25) is 5.28 Å². The van der Waals surface area contributed by atoms with E-state index in [2.05, 4.69) is 20.3 Å². The predicted octanol–water partition coefficient (Wildman–Crippen LogP) is 1.25. The number of nitrogens with one attached hydrogen (secondary N) is 1. The molecule has 1 N–H and O–H groups in total. The molecule has 2 rings (SSSR count). The van der Waals surface area contributed by atoms with Gasteiger partial charge in [0.15, 0.2) is 0 Å². The van der Waals surface area contributed by atoms with Gasteiger partial charge in [0.25, 0.3) is 0 Å². The first kappa shape index (κ1) is 15.0. The summed E-state index contributed by atoms with van der Waals surface area (Å²) in [5.41, 5.74) is 0. The van der Waals surface area contributed by atoms with E-state index in [1.165, 1.54) is 4.90 Å². The highest BCUT2D eigenvalue weighted by atomic mass is 35.5. The minimum Gasteiger partial charge on any atom is -0.357 e. The van der Waals surface area contributed by atoms with Gasteiger partial charge in [-0.3, -0.25) is 4.90 Å². The van der Waals surface area contributed by atoms with Crippen LogP contribution >= 0.6 is 11.6 Å². The molecule has 1 aromatic rings. The molecule has 0 spiro atoms. The van der Waals surface area contributed by atoms with Gasteiger partial charge < -0.3 is 10.2 Å². The van der Waals surface area contributed by atoms with Crippen molar-refractivity contribution in [3.05, 3.63) is 5.28 Å². The third-order valence-corrected chi connectivity index (χ3v) is 3.05. The maximum atomic E-state index is 12.3. The summed E-state index contributed by atoms with van der Waals surface area (Å²) in [6.07, 6.45) is -4.17. The van der Waals surface area contributed by atoms with Gasteiger partial charge in [-0.05, 0) is 11.6 Å². The van der Waals surface area contributed by atoms with Gasteiger partial charge in [0.2, 0.25) is 17.2 Å². The standard InChI is InChI=1S/C10H14ClF3N6/c1-15-8-16-7(11)17-9(18-8)20-4-2-19(3-5-20)6-10(12,13)14/h2-6H2,1H3,(H,15,16,17,18). The van der Waals surface area contributed by atoms with E-state index in [1.54, 1.807) is 11.9 Å². The largest absolute Gasteiger partial charge is 0.401 e. The molecule has 1 saturated heterocycles. The number of alkyl halides is 3. The molecular formula is C10H14ClF3N6. The number of aromatic nitrogens is 3. The fraction of sp³-hybridized carbons (Fsp3) is 0.700. The number of halogens is 4. The van der Waals surface area contributed by atoms with Crippen LogP contribution in [0.3, 0.4) is 0 Å². The molecule has 1 fully saturated rings. The molecule has 1 aliphatic rings. The van der Waals surface area contributed by atoms with Gasteiger partial charge in [-0.25, -0.2) is 0 Å². The number of rotatable bonds is 3. The van der Waals surface area contributed by atoms with Crippen LogP contribution in [0, 0.1) is 0 Å². The molecule has 0 radical (unpaired) electrons. The fourth-order valence-corrected chi connectivity index (χ4v) is 2.11. The highest BCUT2D eigenvalue weighted by molar-refractivity contribution is 6.28. The minimum absolute atomic E-state index is 0.0528. The summed E-state index contributed by atoms with van der Waals surface area (Å²) in [7, 11) is 1.65. The quantitative estimate of drug-likeness (QED) is 0.907. The Hall–Kier alpha value is -1.35. The highest BCUT2D eigenvalue weighted by Gasteiger charge is 2.32. The van der Waals surface area contributed by atoms with E-state index in [9.17, 15) is 13.2 Å². The zero-order valence-electron chi connectivity index (χ0n) is 10.8. The first-order chi connectivity index (χ1) is 9.37. The molecule has 10 heteroatoms. The maximum Gasteiger partial charge on any atom is 0.401 e. The van der Waals surface area contributed by atoms with Crippen LogP contribution < -0.4 is 10.2 Å². The Morgan fingerprint density at radius 3 is 2.35 bits per heavy atom. The van der Waals surface area contributed by atoms with E-state index in [0.717, 1.165) is 0 Å². The van der Waals surface area contributed by atoms with Gasteiger partial charge in [-0.2, -0.15) is 28.1 Å². The minimum atomic E-state index is -4.17. The average molecular weight is 311 g/mol. The summed E-state index contributed by atoms with van der Waals surface area (Å²) in [4.78, 5) is 15.1. The second kappa shape index (κ2) is 5.96. The van der Waals surface area contributed by atoms with Crippen molar-refractivity contribution in [3.8, 4) is 0 Å². The van der Waals surface area contributed by atoms with Crippen molar-refractivity contribution in [2.24, 2.45) is 0 Å². The van der Waals surface area contributed by atoms with Crippen LogP contribution in [-0.2, 0) is 0 Å². The molecule has 0 aromatic carbocycles. The average Bonchev–Trinajstić information content (AvgIpc) is 2.37. The third-order valence-electron chi connectivity index (χ3n) is 2.88. The molecule has 2 heterocycles. The summed E-state index contributed by atoms with van der Waals surface area (Å²) >= 11 is 5.78. The lowest BCUT2D eigenvalue weighted by Gasteiger charge is -2.34. The fourth-order valence-electron chi connectivity index (χ4n) is 1.95. The molecule has 1 aromatic heterocycles. The molecule has 6 nitrogen and oxygen atoms in total. The Morgan fingerprint density at radius 1 is 1.15 bits per heavy atom. The molecule has 0 bridgehead atoms. The number of piperazine rings is 1. The van der Waals surface area contributed by atoms with E-state index in [1.807, 2.05) is 0 Å². The summed E-state index contributed by atoms with van der Waals surface area (Å²) in [6.45, 7) is 0.551. The maximum absolute atomic E-state index is 12.3. The van der Waals surface area contributed by atoms with E-state index in [4.69, 9.17) is 11.6 Å². The number of nitrogens with zero attached hydrogens (tertiary/aromatic N) is 5. The molecule has 0 unspecified atom stereocenters. The van der Waals surface area contributed by atoms with Gasteiger partial charge in [0, 0.05) is 33.2 Å². The van der Waals surface area contributed by atoms with Crippen LogP contribution in [-0.4, -0.2) is 65.8 Å². The van der Waals surface area contributed by atoms with Crippen molar-refractivity contribution in [3.63, 3.8) is 0 Å². The Labute approximate surface area is 119 Å². The van der Waals surface area contributed by atoms with Crippen molar-refractivity contribution in [2.75, 3.05) is 50.0 Å². The van der Waals surface area contributed by atoms with Gasteiger partial charge in [-0.15, -0.1) is 0 Å². The zero-order chi connectivity index (χ0) is 14.8. The first-order valence-electron chi connectivity index (χ1n) is 6.01. The van der Waals surface area contributed by atoms with Crippen LogP contribution in [0.25, 0.3) is 0 Å². The van der Waals surface area contributed by atoms with Gasteiger partial charge in [0.1, 0.15) is 0 Å². The molecule has 0 amide bonds. The molecule has 0 saturated carbocycles. The Morgan fingerprint density at radius 2 is 1.80 bits per heavy atom. The van der Waals surface area contributed by atoms with Crippen molar-refractivity contribution < 1.29 is 13.2 Å². The van der Waals surface area contributed by atoms with E-state index < -0.39 is 12.7 Å². The molecular weight excluding hydrogens is 297 g/mol. The van der Waals surface area contributed by atoms with Crippen LogP contribution in [0.4, 0.5) is 25.1 Å². The summed E-state index contributed by atoms with van der Waals surface area (Å²) in [5.74, 6) is 0.707. The highest BCUT2D eigenvalue weighted by Crippen LogP contribution is 2.19. The second-order valence-electron chi connectivity index (χ2n) is 4.36. The lowest BCUT2D eigenvalue weighted by atomic mass is 10.3. The third kappa shape index (κ3) is 4.07. The second-order valence-corrected chi connectivity index (χ2v) is 4.69. The summed E-state index contributed by atoms with van der Waals surface area (Å²) < 4.78 is 36.9. The molecule has 1 aliphatic heterocycles. The predicted molar refractivity (Wildman–Crippen MR) is 69.1 cm³/mol. The van der Waals surface area contributed by atoms with E-state index in [0.29, 0.717) is 38.1 Å². The topological polar surface area (TPSA) is 57.2 Å². The van der Waals surface area contributed by atoms with Gasteiger partial charge in [-0.1, -0.05) is 0 Å². The number of anilines is 2. The van der Waals surface area contributed by atoms with Crippen molar-refractivity contribution in [1.82, 2.24) is 19.9 Å². The lowest BCUT2D eigenvalue weighted by Crippen LogP contribution is -2.49. The Balaban J connectivity index is 1.98. The number of hydrogen-bond acceptors (Lipinski definition) is 6. The lowest BCUT2D eigenvalue weighted by molar-refractivity contribution is -0.146. The van der Waals surface area contributed by atoms with E-state index in [-0.39, 0.29) is 5.28 Å². The summed E-state index contributed by atoms with van der Waals surface area (Å²) in [5, 5.41) is 2.81. The molecule has 112 valence electrons. The normalized spacial score (nSPS) is 17.4. The smallest absolute Gasteiger partial charge is 0.357 e. The monoisotopic (exact) mass is 310 g/mol. The summed E-state index contributed by atoms with van der Waals surface area (Å²) in [6, 6.07) is 0. The first-order valence-corrected chi connectivity index (χ1v) is 6.38. The van der Waals surface area contributed by atoms with Crippen LogP contribution in [0.15, 0.2) is 0 Å². The van der Waals surface area contributed by atoms with E-state index >= 15 is 0 Å². The van der Waals surface area contributed by atoms with Crippen molar-refractivity contribution >= 4 is 23.5 Å². The van der Waals surface area contributed by atoms with Crippen molar-refractivity contribution in [1.29, 1.82) is 0 Å². The van der Waals surface area contributed by atoms with Crippen molar-refractivity contribution in [2.45, 2.75) is 6.18 Å². The number of hydrogen-bond donors (Lipinski definition) is 1. The molecule has 20 heavy (non-hydrogen) atoms. The Bertz CT molecular complexity index is 461. The zero-order valence-corrected chi connectivity index (χ0v) is 11.5. The van der Waals surface area contributed by atoms with Crippen LogP contribution in [0.5, 0.6) is 0 Å². The molecule has 0 aliphatic carbocycles. The van der Waals surface area contributed by atoms with Gasteiger partial charge >= 0.3 is 6.18 Å². The SMILES string of the molecule is CNc1nc(Cl)nc(N2CCN(CC(F)(F)F)CC2)n1. The van der Waals surface area contributed by atoms with Crippen LogP contribution in [0.1, 0.15) is 0 Å².